The molecule has 0 saturated carbocycles. The maximum Gasteiger partial charge on any atom is 0.136 e. The second-order valence-electron chi connectivity index (χ2n) is 6.83. The molecule has 134 valence electrons. The molecule has 0 unspecified atom stereocenters. The van der Waals surface area contributed by atoms with Crippen LogP contribution in [0.2, 0.25) is 0 Å². The van der Waals surface area contributed by atoms with Crippen LogP contribution in [0.3, 0.4) is 0 Å². The van der Waals surface area contributed by atoms with E-state index in [1.165, 1.54) is 16.8 Å². The second-order valence-corrected chi connectivity index (χ2v) is 6.83. The monoisotopic (exact) mass is 349 g/mol. The number of fused-ring (bicyclic) bond motifs is 2. The lowest BCUT2D eigenvalue weighted by Gasteiger charge is -2.22. The average Bonchev–Trinajstić information content (AvgIpc) is 2.83. The summed E-state index contributed by atoms with van der Waals surface area (Å²) < 4.78 is 7.89. The maximum absolute atomic E-state index is 5.98. The average molecular weight is 349 g/mol. The highest BCUT2D eigenvalue weighted by molar-refractivity contribution is 5.54. The summed E-state index contributed by atoms with van der Waals surface area (Å²) in [5.41, 5.74) is 5.65. The molecule has 26 heavy (non-hydrogen) atoms. The van der Waals surface area contributed by atoms with Crippen molar-refractivity contribution in [2.45, 2.75) is 33.4 Å². The van der Waals surface area contributed by atoms with Crippen molar-refractivity contribution in [2.75, 3.05) is 11.9 Å². The van der Waals surface area contributed by atoms with Crippen molar-refractivity contribution in [1.29, 1.82) is 0 Å². The lowest BCUT2D eigenvalue weighted by Crippen LogP contribution is -2.22. The first-order chi connectivity index (χ1) is 12.5. The number of rotatable bonds is 3. The molecule has 0 saturated heterocycles. The van der Waals surface area contributed by atoms with Crippen molar-refractivity contribution >= 4 is 5.82 Å². The molecular weight excluding hydrogens is 326 g/mol. The molecule has 0 atom stereocenters. The molecule has 3 aromatic rings. The molecule has 0 bridgehead atoms. The first-order valence-electron chi connectivity index (χ1n) is 8.78. The standard InChI is InChI=1S/C20H23N5O/c1-13-16(10-21-25(13)4)11-24(3)20-17-9-15-7-5-6-8-19(15)26-12-18(17)22-14(2)23-20/h5-8,10H,9,11-12H2,1-4H3. The van der Waals surface area contributed by atoms with Crippen LogP contribution < -0.4 is 9.64 Å². The molecule has 1 aliphatic heterocycles. The van der Waals surface area contributed by atoms with Gasteiger partial charge < -0.3 is 9.64 Å². The van der Waals surface area contributed by atoms with Crippen molar-refractivity contribution in [2.24, 2.45) is 7.05 Å². The number of anilines is 1. The van der Waals surface area contributed by atoms with Crippen LogP contribution in [0.1, 0.15) is 33.9 Å². The summed E-state index contributed by atoms with van der Waals surface area (Å²) in [5.74, 6) is 2.67. The van der Waals surface area contributed by atoms with E-state index in [-0.39, 0.29) is 0 Å². The molecule has 0 N–H and O–H groups in total. The predicted octanol–water partition coefficient (Wildman–Crippen LogP) is 2.95. The molecule has 0 fully saturated rings. The summed E-state index contributed by atoms with van der Waals surface area (Å²) in [7, 11) is 4.04. The number of aromatic nitrogens is 4. The number of nitrogens with zero attached hydrogens (tertiary/aromatic N) is 5. The third-order valence-electron chi connectivity index (χ3n) is 4.99. The van der Waals surface area contributed by atoms with Gasteiger partial charge in [0.25, 0.3) is 0 Å². The van der Waals surface area contributed by atoms with Crippen LogP contribution in [0.4, 0.5) is 5.82 Å². The van der Waals surface area contributed by atoms with Crippen molar-refractivity contribution in [1.82, 2.24) is 19.7 Å². The molecule has 6 nitrogen and oxygen atoms in total. The van der Waals surface area contributed by atoms with E-state index in [0.717, 1.165) is 41.6 Å². The van der Waals surface area contributed by atoms with Crippen LogP contribution in [0.5, 0.6) is 5.75 Å². The molecule has 6 heteroatoms. The lowest BCUT2D eigenvalue weighted by molar-refractivity contribution is 0.301. The van der Waals surface area contributed by atoms with E-state index in [0.29, 0.717) is 6.61 Å². The minimum atomic E-state index is 0.475. The van der Waals surface area contributed by atoms with E-state index in [2.05, 4.69) is 35.0 Å². The van der Waals surface area contributed by atoms with Crippen LogP contribution in [-0.4, -0.2) is 26.8 Å². The van der Waals surface area contributed by atoms with Gasteiger partial charge in [-0.05, 0) is 25.5 Å². The van der Waals surface area contributed by atoms with E-state index in [1.54, 1.807) is 0 Å². The fraction of sp³-hybridized carbons (Fsp3) is 0.350. The Balaban J connectivity index is 1.73. The van der Waals surface area contributed by atoms with Gasteiger partial charge in [0.1, 0.15) is 24.0 Å². The quantitative estimate of drug-likeness (QED) is 0.728. The van der Waals surface area contributed by atoms with E-state index < -0.39 is 0 Å². The second kappa shape index (κ2) is 6.44. The molecule has 0 amide bonds. The fourth-order valence-corrected chi connectivity index (χ4v) is 3.41. The summed E-state index contributed by atoms with van der Waals surface area (Å²) in [5, 5.41) is 4.35. The molecule has 1 aromatic carbocycles. The Kier molecular flexibility index (Phi) is 4.11. The van der Waals surface area contributed by atoms with Gasteiger partial charge >= 0.3 is 0 Å². The van der Waals surface area contributed by atoms with Gasteiger partial charge in [0.2, 0.25) is 0 Å². The van der Waals surface area contributed by atoms with Gasteiger partial charge in [-0.1, -0.05) is 18.2 Å². The van der Waals surface area contributed by atoms with Crippen LogP contribution >= 0.6 is 0 Å². The summed E-state index contributed by atoms with van der Waals surface area (Å²) in [6, 6.07) is 8.18. The molecule has 2 aromatic heterocycles. The number of ether oxygens (including phenoxy) is 1. The van der Waals surface area contributed by atoms with Crippen LogP contribution in [0, 0.1) is 13.8 Å². The van der Waals surface area contributed by atoms with Gasteiger partial charge in [-0.3, -0.25) is 4.68 Å². The van der Waals surface area contributed by atoms with E-state index in [1.807, 2.05) is 43.0 Å². The van der Waals surface area contributed by atoms with Gasteiger partial charge in [0.15, 0.2) is 0 Å². The summed E-state index contributed by atoms with van der Waals surface area (Å²) in [6.45, 7) is 5.25. The summed E-state index contributed by atoms with van der Waals surface area (Å²) in [6.07, 6.45) is 2.70. The Morgan fingerprint density at radius 3 is 2.77 bits per heavy atom. The normalized spacial score (nSPS) is 12.8. The maximum atomic E-state index is 5.98. The number of benzene rings is 1. The first kappa shape index (κ1) is 16.6. The van der Waals surface area contributed by atoms with E-state index >= 15 is 0 Å². The van der Waals surface area contributed by atoms with Gasteiger partial charge in [-0.25, -0.2) is 9.97 Å². The van der Waals surface area contributed by atoms with Crippen molar-refractivity contribution < 1.29 is 4.74 Å². The zero-order chi connectivity index (χ0) is 18.3. The van der Waals surface area contributed by atoms with Gasteiger partial charge in [0, 0.05) is 43.9 Å². The summed E-state index contributed by atoms with van der Waals surface area (Å²) in [4.78, 5) is 11.6. The minimum absolute atomic E-state index is 0.475. The Labute approximate surface area is 153 Å². The number of aryl methyl sites for hydroxylation is 2. The Morgan fingerprint density at radius 1 is 1.19 bits per heavy atom. The lowest BCUT2D eigenvalue weighted by atomic mass is 10.0. The van der Waals surface area contributed by atoms with Gasteiger partial charge in [-0.15, -0.1) is 0 Å². The third kappa shape index (κ3) is 2.92. The highest BCUT2D eigenvalue weighted by Gasteiger charge is 2.22. The molecule has 0 spiro atoms. The highest BCUT2D eigenvalue weighted by atomic mass is 16.5. The molecule has 1 aliphatic rings. The van der Waals surface area contributed by atoms with Crippen LogP contribution in [0.15, 0.2) is 30.5 Å². The van der Waals surface area contributed by atoms with Crippen LogP contribution in [0.25, 0.3) is 0 Å². The largest absolute Gasteiger partial charge is 0.487 e. The zero-order valence-electron chi connectivity index (χ0n) is 15.7. The molecule has 3 heterocycles. The number of hydrogen-bond donors (Lipinski definition) is 0. The Morgan fingerprint density at radius 2 is 2.00 bits per heavy atom. The summed E-state index contributed by atoms with van der Waals surface area (Å²) >= 11 is 0. The van der Waals surface area contributed by atoms with Crippen molar-refractivity contribution in [3.8, 4) is 5.75 Å². The third-order valence-corrected chi connectivity index (χ3v) is 4.99. The molecule has 0 radical (unpaired) electrons. The van der Waals surface area contributed by atoms with Gasteiger partial charge in [0.05, 0.1) is 11.9 Å². The fourth-order valence-electron chi connectivity index (χ4n) is 3.41. The molecule has 0 aliphatic carbocycles. The highest BCUT2D eigenvalue weighted by Crippen LogP contribution is 2.32. The molecule has 4 rings (SSSR count). The Hall–Kier alpha value is -2.89. The van der Waals surface area contributed by atoms with Crippen LogP contribution in [-0.2, 0) is 26.6 Å². The van der Waals surface area contributed by atoms with E-state index in [9.17, 15) is 0 Å². The van der Waals surface area contributed by atoms with Crippen molar-refractivity contribution in [3.63, 3.8) is 0 Å². The SMILES string of the molecule is Cc1nc2c(c(N(C)Cc3cnn(C)c3C)n1)Cc1ccccc1OC2. The topological polar surface area (TPSA) is 56.1 Å². The minimum Gasteiger partial charge on any atom is -0.487 e. The van der Waals surface area contributed by atoms with Gasteiger partial charge in [-0.2, -0.15) is 5.10 Å². The molecular formula is C20H23N5O. The predicted molar refractivity (Wildman–Crippen MR) is 100 cm³/mol. The zero-order valence-corrected chi connectivity index (χ0v) is 15.7. The first-order valence-corrected chi connectivity index (χ1v) is 8.78. The Bertz CT molecular complexity index is 963. The number of para-hydroxylation sites is 1. The van der Waals surface area contributed by atoms with Crippen molar-refractivity contribution in [3.05, 3.63) is 64.4 Å². The smallest absolute Gasteiger partial charge is 0.136 e. The number of hydrogen-bond acceptors (Lipinski definition) is 5. The van der Waals surface area contributed by atoms with E-state index in [4.69, 9.17) is 9.72 Å².